The van der Waals surface area contributed by atoms with Crippen molar-refractivity contribution in [2.45, 2.75) is 19.1 Å². The van der Waals surface area contributed by atoms with Gasteiger partial charge in [-0.25, -0.2) is 9.37 Å². The Balaban J connectivity index is 1.90. The number of carbonyl (C=O) groups excluding carboxylic acids is 1. The minimum Gasteiger partial charge on any atom is -0.457 e. The molecule has 0 unspecified atom stereocenters. The van der Waals surface area contributed by atoms with E-state index in [-0.39, 0.29) is 11.5 Å². The predicted molar refractivity (Wildman–Crippen MR) is 101 cm³/mol. The van der Waals surface area contributed by atoms with Crippen LogP contribution in [-0.2, 0) is 0 Å². The molecule has 0 fully saturated rings. The van der Waals surface area contributed by atoms with Gasteiger partial charge in [-0.3, -0.25) is 4.79 Å². The average Bonchev–Trinajstić information content (AvgIpc) is 2.69. The van der Waals surface area contributed by atoms with Crippen molar-refractivity contribution in [3.05, 3.63) is 77.7 Å². The lowest BCUT2D eigenvalue weighted by molar-refractivity contribution is 0.0304. The van der Waals surface area contributed by atoms with Gasteiger partial charge in [-0.2, -0.15) is 0 Å². The lowest BCUT2D eigenvalue weighted by atomic mass is 10.0. The molecule has 0 saturated heterocycles. The molecule has 0 aliphatic heterocycles. The highest BCUT2D eigenvalue weighted by Gasteiger charge is 2.18. The van der Waals surface area contributed by atoms with Crippen LogP contribution in [0.5, 0.6) is 11.5 Å². The van der Waals surface area contributed by atoms with Gasteiger partial charge in [-0.1, -0.05) is 0 Å². The Kier molecular flexibility index (Phi) is 5.67. The summed E-state index contributed by atoms with van der Waals surface area (Å²) in [6.07, 6.45) is -2.21. The molecule has 3 aromatic rings. The van der Waals surface area contributed by atoms with Crippen LogP contribution in [0.15, 0.2) is 60.7 Å². The van der Waals surface area contributed by atoms with Crippen LogP contribution in [0.3, 0.4) is 0 Å². The fourth-order valence-corrected chi connectivity index (χ4v) is 2.61. The summed E-state index contributed by atoms with van der Waals surface area (Å²) in [5, 5.41) is 19.8. The van der Waals surface area contributed by atoms with Crippen LogP contribution in [-0.4, -0.2) is 27.2 Å². The number of hydrogen-bond acceptors (Lipinski definition) is 5. The lowest BCUT2D eigenvalue weighted by Gasteiger charge is -2.16. The first-order valence-corrected chi connectivity index (χ1v) is 8.55. The number of carbonyl (C=O) groups is 1. The molecule has 2 aromatic carbocycles. The molecule has 0 spiro atoms. The molecule has 4 N–H and O–H groups in total. The molecule has 0 radical (unpaired) electrons. The van der Waals surface area contributed by atoms with E-state index in [1.54, 1.807) is 30.3 Å². The Hall–Kier alpha value is -3.29. The number of benzene rings is 2. The number of nitrogens with zero attached hydrogens (tertiary/aromatic N) is 1. The summed E-state index contributed by atoms with van der Waals surface area (Å²) >= 11 is 0. The van der Waals surface area contributed by atoms with E-state index in [2.05, 4.69) is 4.98 Å². The Labute approximate surface area is 161 Å². The number of hydrogen-bond donors (Lipinski definition) is 3. The van der Waals surface area contributed by atoms with E-state index in [0.717, 1.165) is 0 Å². The van der Waals surface area contributed by atoms with Gasteiger partial charge in [0, 0.05) is 5.56 Å². The number of pyridine rings is 1. The highest BCUT2D eigenvalue weighted by molar-refractivity contribution is 5.91. The van der Waals surface area contributed by atoms with E-state index >= 15 is 0 Å². The van der Waals surface area contributed by atoms with Crippen LogP contribution in [0.1, 0.15) is 29.1 Å². The van der Waals surface area contributed by atoms with E-state index in [0.29, 0.717) is 28.3 Å². The van der Waals surface area contributed by atoms with Gasteiger partial charge in [-0.05, 0) is 73.2 Å². The van der Waals surface area contributed by atoms with Crippen molar-refractivity contribution < 1.29 is 24.1 Å². The van der Waals surface area contributed by atoms with E-state index in [9.17, 15) is 19.4 Å². The maximum absolute atomic E-state index is 13.0. The van der Waals surface area contributed by atoms with Crippen LogP contribution in [0.4, 0.5) is 4.39 Å². The van der Waals surface area contributed by atoms with Crippen molar-refractivity contribution in [2.75, 3.05) is 0 Å². The fourth-order valence-electron chi connectivity index (χ4n) is 2.61. The Morgan fingerprint density at radius 3 is 2.14 bits per heavy atom. The van der Waals surface area contributed by atoms with Crippen LogP contribution in [0, 0.1) is 5.82 Å². The van der Waals surface area contributed by atoms with Gasteiger partial charge < -0.3 is 20.7 Å². The zero-order valence-electron chi connectivity index (χ0n) is 15.0. The summed E-state index contributed by atoms with van der Waals surface area (Å²) in [4.78, 5) is 15.8. The molecular formula is C21H19FN2O4. The zero-order valence-corrected chi connectivity index (χ0v) is 15.0. The molecule has 28 heavy (non-hydrogen) atoms. The second-order valence-electron chi connectivity index (χ2n) is 6.30. The Morgan fingerprint density at radius 1 is 1.04 bits per heavy atom. The number of halogens is 1. The Morgan fingerprint density at radius 2 is 1.61 bits per heavy atom. The van der Waals surface area contributed by atoms with Gasteiger partial charge >= 0.3 is 0 Å². The van der Waals surface area contributed by atoms with Crippen molar-refractivity contribution >= 4 is 5.91 Å². The number of primary amides is 1. The summed E-state index contributed by atoms with van der Waals surface area (Å²) in [5.41, 5.74) is 6.73. The van der Waals surface area contributed by atoms with Gasteiger partial charge in [0.05, 0.1) is 11.8 Å². The minimum atomic E-state index is -1.18. The van der Waals surface area contributed by atoms with Crippen molar-refractivity contribution in [3.8, 4) is 22.8 Å². The average molecular weight is 382 g/mol. The van der Waals surface area contributed by atoms with Gasteiger partial charge in [0.15, 0.2) is 0 Å². The number of amides is 1. The topological polar surface area (TPSA) is 106 Å². The van der Waals surface area contributed by atoms with Crippen LogP contribution in [0.2, 0.25) is 0 Å². The number of ether oxygens (including phenoxy) is 1. The molecule has 3 rings (SSSR count). The van der Waals surface area contributed by atoms with Crippen LogP contribution in [0.25, 0.3) is 11.3 Å². The fraction of sp³-hybridized carbons (Fsp3) is 0.143. The number of nitrogens with two attached hydrogens (primary N) is 1. The standard InChI is InChI=1S/C21H19FN2O4/c1-12(25)20(26)14-10-18(24-19(11-14)21(23)27)13-2-6-16(7-3-13)28-17-8-4-15(22)5-9-17/h2-12,20,25-26H,1H3,(H2,23,27)/t12-,20+/m0/s1. The highest BCUT2D eigenvalue weighted by Crippen LogP contribution is 2.28. The van der Waals surface area contributed by atoms with Gasteiger partial charge in [0.1, 0.15) is 29.1 Å². The largest absolute Gasteiger partial charge is 0.457 e. The third kappa shape index (κ3) is 4.51. The minimum absolute atomic E-state index is 0.0150. The summed E-state index contributed by atoms with van der Waals surface area (Å²) < 4.78 is 18.6. The van der Waals surface area contributed by atoms with Gasteiger partial charge in [0.2, 0.25) is 0 Å². The van der Waals surface area contributed by atoms with Crippen LogP contribution < -0.4 is 10.5 Å². The smallest absolute Gasteiger partial charge is 0.267 e. The number of aliphatic hydroxyl groups is 2. The first kappa shape index (κ1) is 19.5. The molecule has 144 valence electrons. The SMILES string of the molecule is C[C@H](O)[C@@H](O)c1cc(C(N)=O)nc(-c2ccc(Oc3ccc(F)cc3)cc2)c1. The van der Waals surface area contributed by atoms with Crippen molar-refractivity contribution in [2.24, 2.45) is 5.73 Å². The molecule has 7 heteroatoms. The summed E-state index contributed by atoms with van der Waals surface area (Å²) in [6.45, 7) is 1.44. The number of aliphatic hydroxyl groups excluding tert-OH is 2. The van der Waals surface area contributed by atoms with Crippen molar-refractivity contribution in [1.82, 2.24) is 4.98 Å². The predicted octanol–water partition coefficient (Wildman–Crippen LogP) is 3.19. The zero-order chi connectivity index (χ0) is 20.3. The van der Waals surface area contributed by atoms with Gasteiger partial charge in [0.25, 0.3) is 5.91 Å². The number of aromatic nitrogens is 1. The second-order valence-corrected chi connectivity index (χ2v) is 6.30. The first-order valence-electron chi connectivity index (χ1n) is 8.55. The second kappa shape index (κ2) is 8.16. The van der Waals surface area contributed by atoms with Crippen molar-refractivity contribution in [1.29, 1.82) is 0 Å². The molecule has 1 heterocycles. The van der Waals surface area contributed by atoms with E-state index in [4.69, 9.17) is 10.5 Å². The highest BCUT2D eigenvalue weighted by atomic mass is 19.1. The van der Waals surface area contributed by atoms with E-state index in [1.165, 1.54) is 37.3 Å². The maximum atomic E-state index is 13.0. The first-order chi connectivity index (χ1) is 13.3. The summed E-state index contributed by atoms with van der Waals surface area (Å²) in [5.74, 6) is -0.0635. The molecule has 2 atom stereocenters. The molecule has 0 aliphatic carbocycles. The van der Waals surface area contributed by atoms with Gasteiger partial charge in [-0.15, -0.1) is 0 Å². The third-order valence-electron chi connectivity index (χ3n) is 4.10. The molecule has 0 saturated carbocycles. The molecule has 6 nitrogen and oxygen atoms in total. The molecule has 0 bridgehead atoms. The maximum Gasteiger partial charge on any atom is 0.267 e. The van der Waals surface area contributed by atoms with Crippen LogP contribution >= 0.6 is 0 Å². The summed E-state index contributed by atoms with van der Waals surface area (Å²) in [6, 6.07) is 15.4. The molecule has 1 aromatic heterocycles. The quantitative estimate of drug-likeness (QED) is 0.607. The van der Waals surface area contributed by atoms with E-state index in [1.807, 2.05) is 0 Å². The normalized spacial score (nSPS) is 13.0. The molecule has 0 aliphatic rings. The third-order valence-corrected chi connectivity index (χ3v) is 4.10. The van der Waals surface area contributed by atoms with E-state index < -0.39 is 18.1 Å². The molecule has 1 amide bonds. The Bertz CT molecular complexity index is 973. The molecular weight excluding hydrogens is 363 g/mol. The summed E-state index contributed by atoms with van der Waals surface area (Å²) in [7, 11) is 0. The lowest BCUT2D eigenvalue weighted by Crippen LogP contribution is -2.18. The van der Waals surface area contributed by atoms with Crippen molar-refractivity contribution in [3.63, 3.8) is 0 Å². The number of rotatable bonds is 6. The monoisotopic (exact) mass is 382 g/mol.